The average Bonchev–Trinajstić information content (AvgIpc) is 3.18. The summed E-state index contributed by atoms with van der Waals surface area (Å²) in [6, 6.07) is 5.78. The van der Waals surface area contributed by atoms with Crippen LogP contribution in [0.1, 0.15) is 48.3 Å². The van der Waals surface area contributed by atoms with E-state index in [-0.39, 0.29) is 11.9 Å². The number of amides is 1. The smallest absolute Gasteiger partial charge is 0.271 e. The monoisotopic (exact) mass is 324 g/mol. The van der Waals surface area contributed by atoms with Crippen molar-refractivity contribution in [1.82, 2.24) is 29.5 Å². The van der Waals surface area contributed by atoms with Crippen molar-refractivity contribution in [2.24, 2.45) is 0 Å². The fraction of sp³-hybridized carbons (Fsp3) is 0.412. The molecule has 0 fully saturated rings. The molecule has 0 aliphatic carbocycles. The van der Waals surface area contributed by atoms with Gasteiger partial charge in [-0.3, -0.25) is 4.79 Å². The van der Waals surface area contributed by atoms with E-state index < -0.39 is 0 Å². The highest BCUT2D eigenvalue weighted by molar-refractivity contribution is 5.93. The van der Waals surface area contributed by atoms with Crippen molar-refractivity contribution in [2.75, 3.05) is 0 Å². The van der Waals surface area contributed by atoms with E-state index in [1.165, 1.54) is 0 Å². The third kappa shape index (κ3) is 2.55. The summed E-state index contributed by atoms with van der Waals surface area (Å²) < 4.78 is 3.99. The Morgan fingerprint density at radius 2 is 2.21 bits per heavy atom. The van der Waals surface area contributed by atoms with Crippen molar-refractivity contribution in [3.8, 4) is 0 Å². The Kier molecular flexibility index (Phi) is 3.55. The number of fused-ring (bicyclic) bond motifs is 2. The van der Waals surface area contributed by atoms with E-state index in [0.29, 0.717) is 11.6 Å². The van der Waals surface area contributed by atoms with E-state index in [0.717, 1.165) is 36.7 Å². The Bertz CT molecular complexity index is 861. The standard InChI is InChI=1S/C17H20N6O/c1-11(2)16-21-20-15-7-6-12(9-23(15)16)18-17(24)13-10-22-8-4-3-5-14(22)19-13/h3-5,8,10-12H,6-7,9H2,1-2H3,(H,18,24)/t12-/m0/s1. The molecule has 7 heteroatoms. The van der Waals surface area contributed by atoms with E-state index in [9.17, 15) is 4.79 Å². The molecular formula is C17H20N6O. The number of carbonyl (C=O) groups excluding carboxylic acids is 1. The summed E-state index contributed by atoms with van der Waals surface area (Å²) in [6.07, 6.45) is 5.35. The Balaban J connectivity index is 1.51. The number of aryl methyl sites for hydroxylation is 1. The third-order valence-corrected chi connectivity index (χ3v) is 4.42. The Morgan fingerprint density at radius 1 is 1.33 bits per heavy atom. The second kappa shape index (κ2) is 5.74. The minimum absolute atomic E-state index is 0.0725. The molecule has 3 aromatic heterocycles. The maximum Gasteiger partial charge on any atom is 0.271 e. The van der Waals surface area contributed by atoms with Crippen molar-refractivity contribution in [2.45, 2.75) is 45.2 Å². The van der Waals surface area contributed by atoms with Crippen LogP contribution in [0.3, 0.4) is 0 Å². The Hall–Kier alpha value is -2.70. The molecule has 1 amide bonds. The van der Waals surface area contributed by atoms with E-state index in [1.807, 2.05) is 28.8 Å². The summed E-state index contributed by atoms with van der Waals surface area (Å²) >= 11 is 0. The van der Waals surface area contributed by atoms with Gasteiger partial charge in [0.2, 0.25) is 0 Å². The molecule has 24 heavy (non-hydrogen) atoms. The van der Waals surface area contributed by atoms with Gasteiger partial charge in [0.25, 0.3) is 5.91 Å². The van der Waals surface area contributed by atoms with Gasteiger partial charge >= 0.3 is 0 Å². The van der Waals surface area contributed by atoms with Gasteiger partial charge in [-0.2, -0.15) is 0 Å². The molecule has 0 saturated carbocycles. The molecule has 0 spiro atoms. The van der Waals surface area contributed by atoms with Crippen LogP contribution in [0.15, 0.2) is 30.6 Å². The highest BCUT2D eigenvalue weighted by atomic mass is 16.2. The van der Waals surface area contributed by atoms with Gasteiger partial charge in [-0.1, -0.05) is 19.9 Å². The number of rotatable bonds is 3. The lowest BCUT2D eigenvalue weighted by molar-refractivity contribution is 0.0922. The van der Waals surface area contributed by atoms with Crippen LogP contribution in [0, 0.1) is 0 Å². The average molecular weight is 324 g/mol. The zero-order chi connectivity index (χ0) is 16.7. The van der Waals surface area contributed by atoms with Crippen molar-refractivity contribution in [3.63, 3.8) is 0 Å². The molecule has 4 heterocycles. The van der Waals surface area contributed by atoms with Crippen LogP contribution in [0.25, 0.3) is 5.65 Å². The van der Waals surface area contributed by atoms with Crippen molar-refractivity contribution < 1.29 is 4.79 Å². The molecule has 0 saturated heterocycles. The minimum Gasteiger partial charge on any atom is -0.346 e. The number of hydrogen-bond donors (Lipinski definition) is 1. The topological polar surface area (TPSA) is 77.1 Å². The quantitative estimate of drug-likeness (QED) is 0.797. The summed E-state index contributed by atoms with van der Waals surface area (Å²) in [5.74, 6) is 2.18. The van der Waals surface area contributed by atoms with Crippen LogP contribution in [-0.4, -0.2) is 36.1 Å². The molecule has 1 aliphatic rings. The molecule has 4 rings (SSSR count). The molecule has 0 bridgehead atoms. The van der Waals surface area contributed by atoms with Crippen LogP contribution >= 0.6 is 0 Å². The second-order valence-corrected chi connectivity index (χ2v) is 6.54. The molecule has 1 N–H and O–H groups in total. The van der Waals surface area contributed by atoms with Gasteiger partial charge in [-0.15, -0.1) is 10.2 Å². The summed E-state index contributed by atoms with van der Waals surface area (Å²) in [5.41, 5.74) is 1.22. The highest BCUT2D eigenvalue weighted by Gasteiger charge is 2.25. The van der Waals surface area contributed by atoms with Gasteiger partial charge < -0.3 is 14.3 Å². The molecule has 7 nitrogen and oxygen atoms in total. The first-order valence-corrected chi connectivity index (χ1v) is 8.28. The molecule has 1 aliphatic heterocycles. The molecule has 0 aromatic carbocycles. The maximum atomic E-state index is 12.5. The molecule has 0 unspecified atom stereocenters. The van der Waals surface area contributed by atoms with E-state index in [4.69, 9.17) is 0 Å². The predicted molar refractivity (Wildman–Crippen MR) is 88.9 cm³/mol. The van der Waals surface area contributed by atoms with E-state index >= 15 is 0 Å². The fourth-order valence-corrected chi connectivity index (χ4v) is 3.20. The SMILES string of the molecule is CC(C)c1nnc2n1C[C@@H](NC(=O)c1cn3ccccc3n1)CC2. The van der Waals surface area contributed by atoms with Gasteiger partial charge in [0, 0.05) is 37.3 Å². The zero-order valence-electron chi connectivity index (χ0n) is 13.8. The number of aromatic nitrogens is 5. The molecule has 1 atom stereocenters. The number of nitrogens with one attached hydrogen (secondary N) is 1. The summed E-state index contributed by atoms with van der Waals surface area (Å²) in [5, 5.41) is 11.6. The number of carbonyl (C=O) groups is 1. The molecule has 0 radical (unpaired) electrons. The minimum atomic E-state index is -0.133. The Labute approximate surface area is 139 Å². The van der Waals surface area contributed by atoms with Crippen LogP contribution in [0.5, 0.6) is 0 Å². The number of imidazole rings is 1. The molecule has 3 aromatic rings. The summed E-state index contributed by atoms with van der Waals surface area (Å²) in [4.78, 5) is 16.9. The third-order valence-electron chi connectivity index (χ3n) is 4.42. The first-order chi connectivity index (χ1) is 11.6. The number of nitrogens with zero attached hydrogens (tertiary/aromatic N) is 5. The zero-order valence-corrected chi connectivity index (χ0v) is 13.8. The van der Waals surface area contributed by atoms with Gasteiger partial charge in [0.05, 0.1) is 0 Å². The van der Waals surface area contributed by atoms with Crippen molar-refractivity contribution in [3.05, 3.63) is 47.9 Å². The van der Waals surface area contributed by atoms with Gasteiger partial charge in [-0.05, 0) is 18.6 Å². The van der Waals surface area contributed by atoms with Crippen molar-refractivity contribution in [1.29, 1.82) is 0 Å². The van der Waals surface area contributed by atoms with Crippen LogP contribution < -0.4 is 5.32 Å². The van der Waals surface area contributed by atoms with Crippen molar-refractivity contribution >= 4 is 11.6 Å². The van der Waals surface area contributed by atoms with E-state index in [2.05, 4.69) is 38.9 Å². The predicted octanol–water partition coefficient (Wildman–Crippen LogP) is 1.79. The maximum absolute atomic E-state index is 12.5. The van der Waals surface area contributed by atoms with Crippen LogP contribution in [0.2, 0.25) is 0 Å². The van der Waals surface area contributed by atoms with Crippen LogP contribution in [0.4, 0.5) is 0 Å². The summed E-state index contributed by atoms with van der Waals surface area (Å²) in [7, 11) is 0. The largest absolute Gasteiger partial charge is 0.346 e. The lowest BCUT2D eigenvalue weighted by Crippen LogP contribution is -2.41. The van der Waals surface area contributed by atoms with Gasteiger partial charge in [-0.25, -0.2) is 4.98 Å². The Morgan fingerprint density at radius 3 is 3.00 bits per heavy atom. The van der Waals surface area contributed by atoms with E-state index in [1.54, 1.807) is 6.20 Å². The van der Waals surface area contributed by atoms with Crippen LogP contribution in [-0.2, 0) is 13.0 Å². The lowest BCUT2D eigenvalue weighted by atomic mass is 10.1. The number of pyridine rings is 1. The fourth-order valence-electron chi connectivity index (χ4n) is 3.20. The first kappa shape index (κ1) is 14.9. The van der Waals surface area contributed by atoms with Gasteiger partial charge in [0.1, 0.15) is 23.0 Å². The summed E-state index contributed by atoms with van der Waals surface area (Å²) in [6.45, 7) is 4.93. The number of hydrogen-bond acceptors (Lipinski definition) is 4. The first-order valence-electron chi connectivity index (χ1n) is 8.28. The lowest BCUT2D eigenvalue weighted by Gasteiger charge is -2.25. The normalized spacial score (nSPS) is 17.2. The van der Waals surface area contributed by atoms with Gasteiger partial charge in [0.15, 0.2) is 0 Å². The second-order valence-electron chi connectivity index (χ2n) is 6.54. The highest BCUT2D eigenvalue weighted by Crippen LogP contribution is 2.20. The molecule has 124 valence electrons. The molecular weight excluding hydrogens is 304 g/mol.